The number of aromatic nitrogens is 1. The van der Waals surface area contributed by atoms with E-state index in [0.29, 0.717) is 27.8 Å². The van der Waals surface area contributed by atoms with Crippen LogP contribution in [0.3, 0.4) is 0 Å². The highest BCUT2D eigenvalue weighted by atomic mass is 35.5. The lowest BCUT2D eigenvalue weighted by atomic mass is 9.91. The van der Waals surface area contributed by atoms with E-state index < -0.39 is 74.8 Å². The number of nitrogens with zero attached hydrogens (tertiary/aromatic N) is 2. The molecule has 0 bridgehead atoms. The first-order valence-electron chi connectivity index (χ1n) is 16.5. The molecule has 16 heteroatoms. The van der Waals surface area contributed by atoms with E-state index in [1.54, 1.807) is 36.4 Å². The van der Waals surface area contributed by atoms with Gasteiger partial charge in [-0.1, -0.05) is 85.5 Å². The van der Waals surface area contributed by atoms with Gasteiger partial charge in [0.15, 0.2) is 24.4 Å². The van der Waals surface area contributed by atoms with Gasteiger partial charge in [-0.3, -0.25) is 14.5 Å². The molecular formula is C38H37Cl2F2N3O7S2. The van der Waals surface area contributed by atoms with Gasteiger partial charge < -0.3 is 9.84 Å². The molecule has 0 aliphatic heterocycles. The number of carbonyl (C=O) groups is 2. The Labute approximate surface area is 322 Å². The number of nitrogens with one attached hydrogen (secondary N) is 1. The summed E-state index contributed by atoms with van der Waals surface area (Å²) in [6.07, 6.45) is 0.309. The Kier molecular flexibility index (Phi) is 11.1. The molecule has 0 saturated carbocycles. The Morgan fingerprint density at radius 3 is 1.91 bits per heavy atom. The number of hydrogen-bond donors (Lipinski definition) is 1. The molecule has 2 amide bonds. The Morgan fingerprint density at radius 2 is 1.33 bits per heavy atom. The zero-order valence-corrected chi connectivity index (χ0v) is 33.2. The fourth-order valence-corrected chi connectivity index (χ4v) is 9.23. The predicted octanol–water partition coefficient (Wildman–Crippen LogP) is 8.46. The lowest BCUT2D eigenvalue weighted by Gasteiger charge is -2.36. The minimum atomic E-state index is -5.15. The van der Waals surface area contributed by atoms with Crippen molar-refractivity contribution in [3.8, 4) is 0 Å². The van der Waals surface area contributed by atoms with Crippen LogP contribution in [0.15, 0.2) is 99.2 Å². The summed E-state index contributed by atoms with van der Waals surface area (Å²) in [7, 11) is -10.1. The Bertz CT molecular complexity index is 2500. The zero-order chi connectivity index (χ0) is 40.0. The normalized spacial score (nSPS) is 13.7. The van der Waals surface area contributed by atoms with Crippen LogP contribution in [0, 0.1) is 17.0 Å². The highest BCUT2D eigenvalue weighted by Gasteiger charge is 2.54. The van der Waals surface area contributed by atoms with Crippen LogP contribution in [0.2, 0.25) is 10.0 Å². The summed E-state index contributed by atoms with van der Waals surface area (Å²) in [5.41, 5.74) is 0.162. The Morgan fingerprint density at radius 1 is 0.778 bits per heavy atom. The number of rotatable bonds is 11. The second-order valence-electron chi connectivity index (χ2n) is 14.7. The van der Waals surface area contributed by atoms with E-state index in [2.05, 4.69) is 10.5 Å². The van der Waals surface area contributed by atoms with Crippen LogP contribution in [-0.2, 0) is 35.7 Å². The Hall–Kier alpha value is -4.37. The van der Waals surface area contributed by atoms with Crippen LogP contribution in [0.4, 0.5) is 20.4 Å². The van der Waals surface area contributed by atoms with Gasteiger partial charge in [0, 0.05) is 27.2 Å². The number of sulfone groups is 2. The van der Waals surface area contributed by atoms with Gasteiger partial charge in [0.1, 0.15) is 26.2 Å². The Balaban J connectivity index is 1.72. The zero-order valence-electron chi connectivity index (χ0n) is 30.1. The predicted molar refractivity (Wildman–Crippen MR) is 204 cm³/mol. The van der Waals surface area contributed by atoms with E-state index in [4.69, 9.17) is 27.7 Å². The van der Waals surface area contributed by atoms with Gasteiger partial charge in [0.25, 0.3) is 5.91 Å². The van der Waals surface area contributed by atoms with Crippen molar-refractivity contribution in [2.24, 2.45) is 5.41 Å². The van der Waals surface area contributed by atoms with Crippen molar-refractivity contribution in [1.29, 1.82) is 0 Å². The van der Waals surface area contributed by atoms with Crippen molar-refractivity contribution in [3.63, 3.8) is 0 Å². The number of carbonyl (C=O) groups excluding carboxylic acids is 2. The molecule has 10 nitrogen and oxygen atoms in total. The van der Waals surface area contributed by atoms with E-state index in [1.807, 2.05) is 20.8 Å². The van der Waals surface area contributed by atoms with Gasteiger partial charge >= 0.3 is 0 Å². The topological polar surface area (TPSA) is 144 Å². The molecule has 1 N–H and O–H groups in total. The lowest BCUT2D eigenvalue weighted by molar-refractivity contribution is -0.121. The third-order valence-corrected chi connectivity index (χ3v) is 14.2. The third kappa shape index (κ3) is 7.75. The van der Waals surface area contributed by atoms with Crippen LogP contribution >= 0.6 is 23.2 Å². The average Bonchev–Trinajstić information content (AvgIpc) is 3.52. The molecule has 54 heavy (non-hydrogen) atoms. The molecule has 5 rings (SSSR count). The quantitative estimate of drug-likeness (QED) is 0.140. The molecule has 5 aromatic rings. The van der Waals surface area contributed by atoms with Crippen LogP contribution in [0.1, 0.15) is 47.2 Å². The lowest BCUT2D eigenvalue weighted by Crippen LogP contribution is -2.59. The standard InChI is InChI=1S/C38H37Cl2F2N3O7S2/c1-36(2,3)21-26-20-33(52-44-26)45(35(47)37(4,5)53(48,49)31-16-14-24(39)18-28(31)41)22-38(6,54(50,51)32-17-15-25(40)19-29(32)42)34(46)43-30-13-9-11-23-10-7-8-12-27(23)30/h7-20H,21-22H2,1-6H3,(H,43,46). The summed E-state index contributed by atoms with van der Waals surface area (Å²) in [5.74, 6) is -5.45. The monoisotopic (exact) mass is 819 g/mol. The summed E-state index contributed by atoms with van der Waals surface area (Å²) in [6, 6.07) is 18.8. The smallest absolute Gasteiger partial charge is 0.250 e. The molecule has 0 radical (unpaired) electrons. The third-order valence-electron chi connectivity index (χ3n) is 8.89. The molecule has 0 spiro atoms. The molecule has 0 fully saturated rings. The van der Waals surface area contributed by atoms with Gasteiger partial charge in [0.05, 0.1) is 12.2 Å². The first-order chi connectivity index (χ1) is 25.0. The minimum absolute atomic E-state index is 0.0992. The van der Waals surface area contributed by atoms with Gasteiger partial charge in [-0.25, -0.2) is 25.6 Å². The van der Waals surface area contributed by atoms with Gasteiger partial charge in [-0.05, 0) is 80.5 Å². The molecule has 0 aliphatic carbocycles. The van der Waals surface area contributed by atoms with Crippen molar-refractivity contribution < 1.29 is 39.7 Å². The number of fused-ring (bicyclic) bond motifs is 1. The van der Waals surface area contributed by atoms with E-state index >= 15 is 8.78 Å². The molecule has 0 saturated heterocycles. The molecule has 1 heterocycles. The first kappa shape index (κ1) is 40.8. The molecule has 1 atom stereocenters. The van der Waals surface area contributed by atoms with Crippen LogP contribution in [0.5, 0.6) is 0 Å². The van der Waals surface area contributed by atoms with Crippen molar-refractivity contribution in [1.82, 2.24) is 5.16 Å². The maximum atomic E-state index is 15.5. The van der Waals surface area contributed by atoms with Crippen LogP contribution in [0.25, 0.3) is 10.8 Å². The molecule has 286 valence electrons. The van der Waals surface area contributed by atoms with Gasteiger partial charge in [-0.15, -0.1) is 0 Å². The summed E-state index contributed by atoms with van der Waals surface area (Å²) in [5, 5.41) is 7.69. The van der Waals surface area contributed by atoms with Crippen molar-refractivity contribution in [2.45, 2.75) is 67.2 Å². The molecule has 1 unspecified atom stereocenters. The average molecular weight is 821 g/mol. The van der Waals surface area contributed by atoms with Gasteiger partial charge in [-0.2, -0.15) is 0 Å². The highest BCUT2D eigenvalue weighted by molar-refractivity contribution is 7.94. The summed E-state index contributed by atoms with van der Waals surface area (Å²) >= 11 is 11.8. The van der Waals surface area contributed by atoms with Crippen molar-refractivity contribution in [3.05, 3.63) is 112 Å². The number of halogens is 4. The SMILES string of the molecule is CC(C)(C)Cc1cc(N(CC(C)(C(=O)Nc2cccc3ccccc23)S(=O)(=O)c2ccc(Cl)cc2F)C(=O)C(C)(C)S(=O)(=O)c2ccc(Cl)cc2F)on1. The highest BCUT2D eigenvalue weighted by Crippen LogP contribution is 2.37. The van der Waals surface area contributed by atoms with E-state index in [0.717, 1.165) is 57.2 Å². The van der Waals surface area contributed by atoms with E-state index in [-0.39, 0.29) is 21.1 Å². The first-order valence-corrected chi connectivity index (χ1v) is 20.2. The summed E-state index contributed by atoms with van der Waals surface area (Å²) in [6.45, 7) is 7.56. The minimum Gasteiger partial charge on any atom is -0.338 e. The molecule has 1 aromatic heterocycles. The molecular weight excluding hydrogens is 783 g/mol. The van der Waals surface area contributed by atoms with Gasteiger partial charge in [0.2, 0.25) is 11.8 Å². The maximum absolute atomic E-state index is 15.5. The second-order valence-corrected chi connectivity index (χ2v) is 20.4. The molecule has 4 aromatic carbocycles. The maximum Gasteiger partial charge on any atom is 0.250 e. The summed E-state index contributed by atoms with van der Waals surface area (Å²) < 4.78 is 88.5. The largest absolute Gasteiger partial charge is 0.338 e. The van der Waals surface area contributed by atoms with Crippen molar-refractivity contribution >= 4 is 77.0 Å². The number of hydrogen-bond acceptors (Lipinski definition) is 8. The van der Waals surface area contributed by atoms with Crippen LogP contribution < -0.4 is 10.2 Å². The van der Waals surface area contributed by atoms with Crippen LogP contribution in [-0.4, -0.2) is 49.8 Å². The second kappa shape index (κ2) is 14.7. The number of anilines is 2. The molecule has 0 aliphatic rings. The van der Waals surface area contributed by atoms with E-state index in [1.165, 1.54) is 12.1 Å². The fraction of sp³-hybridized carbons (Fsp3) is 0.289. The van der Waals surface area contributed by atoms with Crippen molar-refractivity contribution in [2.75, 3.05) is 16.8 Å². The fourth-order valence-electron chi connectivity index (χ4n) is 5.82. The summed E-state index contributed by atoms with van der Waals surface area (Å²) in [4.78, 5) is 28.2. The number of benzene rings is 4. The number of amides is 2. The van der Waals surface area contributed by atoms with E-state index in [9.17, 15) is 26.4 Å².